The van der Waals surface area contributed by atoms with Gasteiger partial charge in [0.2, 0.25) is 0 Å². The summed E-state index contributed by atoms with van der Waals surface area (Å²) in [6.07, 6.45) is 0. The minimum atomic E-state index is -0.757. The van der Waals surface area contributed by atoms with E-state index in [-0.39, 0.29) is 22.5 Å². The molecule has 0 aliphatic heterocycles. The standard InChI is InChI=1S/C17H10Cl3NO4/c1-8-4-13-10(6-12(8)19)9(5-15(22)25-13)7-24-17(23)16-11(18)2-3-14(20)21-16/h2-6H,7H2,1H3. The number of rotatable bonds is 3. The molecule has 0 atom stereocenters. The highest BCUT2D eigenvalue weighted by atomic mass is 35.5. The first-order valence-electron chi connectivity index (χ1n) is 7.07. The lowest BCUT2D eigenvalue weighted by atomic mass is 10.1. The summed E-state index contributed by atoms with van der Waals surface area (Å²) in [7, 11) is 0. The molecule has 25 heavy (non-hydrogen) atoms. The summed E-state index contributed by atoms with van der Waals surface area (Å²) < 4.78 is 10.4. The lowest BCUT2D eigenvalue weighted by Crippen LogP contribution is -2.10. The van der Waals surface area contributed by atoms with Crippen LogP contribution in [0.5, 0.6) is 0 Å². The Hall–Kier alpha value is -2.08. The number of nitrogens with zero attached hydrogens (tertiary/aromatic N) is 1. The zero-order chi connectivity index (χ0) is 18.1. The fraction of sp³-hybridized carbons (Fsp3) is 0.118. The number of carbonyl (C=O) groups excluding carboxylic acids is 1. The second-order valence-corrected chi connectivity index (χ2v) is 6.43. The van der Waals surface area contributed by atoms with Gasteiger partial charge in [0.15, 0.2) is 5.69 Å². The number of fused-ring (bicyclic) bond motifs is 1. The lowest BCUT2D eigenvalue weighted by molar-refractivity contribution is 0.0467. The predicted molar refractivity (Wildman–Crippen MR) is 95.6 cm³/mol. The highest BCUT2D eigenvalue weighted by Crippen LogP contribution is 2.26. The molecule has 0 saturated carbocycles. The van der Waals surface area contributed by atoms with E-state index < -0.39 is 11.6 Å². The van der Waals surface area contributed by atoms with E-state index in [1.54, 1.807) is 19.1 Å². The van der Waals surface area contributed by atoms with E-state index in [0.29, 0.717) is 21.6 Å². The van der Waals surface area contributed by atoms with E-state index in [9.17, 15) is 9.59 Å². The van der Waals surface area contributed by atoms with Crippen LogP contribution in [0, 0.1) is 6.92 Å². The molecule has 0 saturated heterocycles. The molecule has 0 spiro atoms. The van der Waals surface area contributed by atoms with E-state index in [1.807, 2.05) is 0 Å². The molecular weight excluding hydrogens is 389 g/mol. The van der Waals surface area contributed by atoms with Crippen molar-refractivity contribution in [1.82, 2.24) is 4.98 Å². The number of hydrogen-bond donors (Lipinski definition) is 0. The predicted octanol–water partition coefficient (Wildman–Crippen LogP) is 4.81. The number of ether oxygens (including phenoxy) is 1. The Balaban J connectivity index is 1.93. The van der Waals surface area contributed by atoms with Gasteiger partial charge >= 0.3 is 11.6 Å². The van der Waals surface area contributed by atoms with Crippen LogP contribution in [0.1, 0.15) is 21.6 Å². The first-order valence-corrected chi connectivity index (χ1v) is 8.20. The molecule has 0 bridgehead atoms. The van der Waals surface area contributed by atoms with Crippen LogP contribution in [0.3, 0.4) is 0 Å². The molecule has 0 amide bonds. The molecule has 0 aliphatic rings. The molecular formula is C17H10Cl3NO4. The van der Waals surface area contributed by atoms with Crippen LogP contribution in [-0.4, -0.2) is 11.0 Å². The van der Waals surface area contributed by atoms with Crippen molar-refractivity contribution in [2.45, 2.75) is 13.5 Å². The molecule has 2 aromatic heterocycles. The third-order valence-electron chi connectivity index (χ3n) is 3.47. The van der Waals surface area contributed by atoms with Gasteiger partial charge in [0.1, 0.15) is 17.3 Å². The van der Waals surface area contributed by atoms with E-state index in [2.05, 4.69) is 4.98 Å². The second kappa shape index (κ2) is 7.04. The van der Waals surface area contributed by atoms with Gasteiger partial charge in [-0.1, -0.05) is 34.8 Å². The fourth-order valence-corrected chi connectivity index (χ4v) is 2.73. The molecule has 0 fully saturated rings. The van der Waals surface area contributed by atoms with Gasteiger partial charge < -0.3 is 9.15 Å². The van der Waals surface area contributed by atoms with Gasteiger partial charge in [0.25, 0.3) is 0 Å². The fourth-order valence-electron chi connectivity index (χ4n) is 2.24. The molecule has 0 unspecified atom stereocenters. The summed E-state index contributed by atoms with van der Waals surface area (Å²) >= 11 is 17.8. The van der Waals surface area contributed by atoms with Gasteiger partial charge in [-0.2, -0.15) is 0 Å². The summed E-state index contributed by atoms with van der Waals surface area (Å²) in [6, 6.07) is 7.46. The summed E-state index contributed by atoms with van der Waals surface area (Å²) in [5.41, 5.74) is 0.926. The zero-order valence-electron chi connectivity index (χ0n) is 12.8. The number of carbonyl (C=O) groups is 1. The Kier molecular flexibility index (Phi) is 4.99. The van der Waals surface area contributed by atoms with Gasteiger partial charge in [-0.15, -0.1) is 0 Å². The van der Waals surface area contributed by atoms with Crippen LogP contribution in [0.25, 0.3) is 11.0 Å². The number of pyridine rings is 1. The molecule has 128 valence electrons. The minimum absolute atomic E-state index is 0.102. The van der Waals surface area contributed by atoms with Crippen molar-refractivity contribution in [3.8, 4) is 0 Å². The molecule has 8 heteroatoms. The topological polar surface area (TPSA) is 69.4 Å². The Bertz CT molecular complexity index is 1050. The first-order chi connectivity index (χ1) is 11.8. The maximum atomic E-state index is 12.2. The molecule has 0 radical (unpaired) electrons. The average molecular weight is 399 g/mol. The first kappa shape index (κ1) is 17.7. The average Bonchev–Trinajstić information content (AvgIpc) is 2.56. The Morgan fingerprint density at radius 1 is 1.16 bits per heavy atom. The minimum Gasteiger partial charge on any atom is -0.456 e. The molecule has 0 N–H and O–H groups in total. The van der Waals surface area contributed by atoms with Gasteiger partial charge in [-0.25, -0.2) is 14.6 Å². The maximum Gasteiger partial charge on any atom is 0.358 e. The zero-order valence-corrected chi connectivity index (χ0v) is 15.1. The number of halogens is 3. The number of aromatic nitrogens is 1. The highest BCUT2D eigenvalue weighted by Gasteiger charge is 2.16. The second-order valence-electron chi connectivity index (χ2n) is 5.23. The van der Waals surface area contributed by atoms with E-state index in [1.165, 1.54) is 18.2 Å². The van der Waals surface area contributed by atoms with Crippen LogP contribution in [0.4, 0.5) is 0 Å². The number of aryl methyl sites for hydroxylation is 1. The quantitative estimate of drug-likeness (QED) is 0.359. The van der Waals surface area contributed by atoms with Gasteiger partial charge in [-0.3, -0.25) is 0 Å². The monoisotopic (exact) mass is 397 g/mol. The van der Waals surface area contributed by atoms with Crippen LogP contribution < -0.4 is 5.63 Å². The van der Waals surface area contributed by atoms with Crippen LogP contribution in [-0.2, 0) is 11.3 Å². The molecule has 5 nitrogen and oxygen atoms in total. The van der Waals surface area contributed by atoms with Gasteiger partial charge in [0.05, 0.1) is 5.02 Å². The molecule has 3 aromatic rings. The van der Waals surface area contributed by atoms with Crippen molar-refractivity contribution in [3.05, 3.63) is 72.8 Å². The van der Waals surface area contributed by atoms with Gasteiger partial charge in [-0.05, 0) is 36.8 Å². The third kappa shape index (κ3) is 3.79. The molecule has 0 aliphatic carbocycles. The van der Waals surface area contributed by atoms with Crippen molar-refractivity contribution < 1.29 is 13.9 Å². The molecule has 1 aromatic carbocycles. The van der Waals surface area contributed by atoms with E-state index in [4.69, 9.17) is 44.0 Å². The van der Waals surface area contributed by atoms with Crippen molar-refractivity contribution in [2.24, 2.45) is 0 Å². The Labute approximate surface area is 157 Å². The molecule has 2 heterocycles. The summed E-state index contributed by atoms with van der Waals surface area (Å²) in [6.45, 7) is 1.62. The summed E-state index contributed by atoms with van der Waals surface area (Å²) in [5, 5.41) is 1.32. The number of esters is 1. The van der Waals surface area contributed by atoms with Gasteiger partial charge in [0, 0.05) is 22.0 Å². The van der Waals surface area contributed by atoms with Crippen molar-refractivity contribution in [1.29, 1.82) is 0 Å². The summed E-state index contributed by atoms with van der Waals surface area (Å²) in [5.74, 6) is -0.757. The van der Waals surface area contributed by atoms with E-state index in [0.717, 1.165) is 5.56 Å². The van der Waals surface area contributed by atoms with Crippen molar-refractivity contribution in [2.75, 3.05) is 0 Å². The smallest absolute Gasteiger partial charge is 0.358 e. The normalized spacial score (nSPS) is 10.9. The third-order valence-corrected chi connectivity index (χ3v) is 4.40. The largest absolute Gasteiger partial charge is 0.456 e. The van der Waals surface area contributed by atoms with Crippen LogP contribution in [0.15, 0.2) is 39.5 Å². The lowest BCUT2D eigenvalue weighted by Gasteiger charge is -2.09. The Morgan fingerprint density at radius 3 is 2.68 bits per heavy atom. The maximum absolute atomic E-state index is 12.2. The Morgan fingerprint density at radius 2 is 1.92 bits per heavy atom. The number of hydrogen-bond acceptors (Lipinski definition) is 5. The van der Waals surface area contributed by atoms with Crippen LogP contribution in [0.2, 0.25) is 15.2 Å². The molecule has 3 rings (SSSR count). The summed E-state index contributed by atoms with van der Waals surface area (Å²) in [4.78, 5) is 27.7. The van der Waals surface area contributed by atoms with Crippen molar-refractivity contribution in [3.63, 3.8) is 0 Å². The highest BCUT2D eigenvalue weighted by molar-refractivity contribution is 6.34. The number of benzene rings is 1. The SMILES string of the molecule is Cc1cc2oc(=O)cc(COC(=O)c3nc(Cl)ccc3Cl)c2cc1Cl. The van der Waals surface area contributed by atoms with Crippen LogP contribution >= 0.6 is 34.8 Å². The van der Waals surface area contributed by atoms with E-state index >= 15 is 0 Å². The van der Waals surface area contributed by atoms with Crippen molar-refractivity contribution >= 4 is 51.7 Å².